The lowest BCUT2D eigenvalue weighted by Gasteiger charge is -2.23. The quantitative estimate of drug-likeness (QED) is 0.855. The van der Waals surface area contributed by atoms with Gasteiger partial charge in [-0.05, 0) is 38.1 Å². The topological polar surface area (TPSA) is 39.1 Å². The largest absolute Gasteiger partial charge is 0.490 e. The fourth-order valence-electron chi connectivity index (χ4n) is 2.29. The number of rotatable bonds is 2. The molecule has 0 aliphatic carbocycles. The molecule has 1 aromatic heterocycles. The van der Waals surface area contributed by atoms with Crippen molar-refractivity contribution < 1.29 is 4.74 Å². The number of imidazole rings is 1. The van der Waals surface area contributed by atoms with Crippen LogP contribution >= 0.6 is 0 Å². The average molecular weight is 231 g/mol. The van der Waals surface area contributed by atoms with Crippen LogP contribution in [0.1, 0.15) is 12.8 Å². The maximum atomic E-state index is 5.98. The minimum atomic E-state index is 0.345. The van der Waals surface area contributed by atoms with Crippen molar-refractivity contribution in [3.8, 4) is 5.75 Å². The zero-order chi connectivity index (χ0) is 11.7. The average Bonchev–Trinajstić information content (AvgIpc) is 2.72. The molecule has 1 N–H and O–H groups in total. The van der Waals surface area contributed by atoms with E-state index in [4.69, 9.17) is 4.74 Å². The first-order valence-corrected chi connectivity index (χ1v) is 6.11. The molecule has 2 heterocycles. The fourth-order valence-corrected chi connectivity index (χ4v) is 2.29. The van der Waals surface area contributed by atoms with Crippen molar-refractivity contribution in [1.82, 2.24) is 14.9 Å². The van der Waals surface area contributed by atoms with Gasteiger partial charge >= 0.3 is 0 Å². The second-order valence-corrected chi connectivity index (χ2v) is 4.57. The van der Waals surface area contributed by atoms with Crippen molar-refractivity contribution in [2.45, 2.75) is 18.9 Å². The van der Waals surface area contributed by atoms with E-state index in [2.05, 4.69) is 16.4 Å². The third kappa shape index (κ3) is 2.13. The highest BCUT2D eigenvalue weighted by atomic mass is 16.5. The van der Waals surface area contributed by atoms with Gasteiger partial charge < -0.3 is 14.6 Å². The van der Waals surface area contributed by atoms with E-state index in [-0.39, 0.29) is 0 Å². The normalized spacial score (nSPS) is 17.5. The lowest BCUT2D eigenvalue weighted by molar-refractivity contribution is 0.162. The predicted molar refractivity (Wildman–Crippen MR) is 67.2 cm³/mol. The maximum Gasteiger partial charge on any atom is 0.122 e. The SMILES string of the molecule is Cn1cnc2cc(OC3CCNCC3)ccc21. The second kappa shape index (κ2) is 4.37. The summed E-state index contributed by atoms with van der Waals surface area (Å²) < 4.78 is 8.00. The fraction of sp³-hybridized carbons (Fsp3) is 0.462. The Balaban J connectivity index is 1.80. The Kier molecular flexibility index (Phi) is 2.73. The molecule has 0 radical (unpaired) electrons. The molecule has 1 aromatic carbocycles. The van der Waals surface area contributed by atoms with E-state index in [1.54, 1.807) is 0 Å². The van der Waals surface area contributed by atoms with E-state index >= 15 is 0 Å². The Morgan fingerprint density at radius 3 is 3.00 bits per heavy atom. The van der Waals surface area contributed by atoms with Crippen molar-refractivity contribution in [3.05, 3.63) is 24.5 Å². The summed E-state index contributed by atoms with van der Waals surface area (Å²) in [5.74, 6) is 0.933. The smallest absolute Gasteiger partial charge is 0.122 e. The van der Waals surface area contributed by atoms with Gasteiger partial charge in [0.2, 0.25) is 0 Å². The van der Waals surface area contributed by atoms with Gasteiger partial charge in [0.25, 0.3) is 0 Å². The van der Waals surface area contributed by atoms with Crippen LogP contribution in [0.25, 0.3) is 11.0 Å². The van der Waals surface area contributed by atoms with E-state index < -0.39 is 0 Å². The maximum absolute atomic E-state index is 5.98. The molecule has 2 aromatic rings. The highest BCUT2D eigenvalue weighted by Crippen LogP contribution is 2.21. The van der Waals surface area contributed by atoms with E-state index in [0.29, 0.717) is 6.10 Å². The van der Waals surface area contributed by atoms with Crippen LogP contribution in [-0.4, -0.2) is 28.7 Å². The number of piperidine rings is 1. The van der Waals surface area contributed by atoms with Crippen LogP contribution in [0, 0.1) is 0 Å². The lowest BCUT2D eigenvalue weighted by Crippen LogP contribution is -2.34. The Bertz CT molecular complexity index is 514. The van der Waals surface area contributed by atoms with E-state index in [9.17, 15) is 0 Å². The van der Waals surface area contributed by atoms with Gasteiger partial charge in [-0.3, -0.25) is 0 Å². The number of aromatic nitrogens is 2. The Morgan fingerprint density at radius 2 is 2.18 bits per heavy atom. The molecule has 1 aliphatic heterocycles. The molecular formula is C13H17N3O. The van der Waals surface area contributed by atoms with Crippen LogP contribution in [0.4, 0.5) is 0 Å². The van der Waals surface area contributed by atoms with Crippen LogP contribution in [-0.2, 0) is 7.05 Å². The van der Waals surface area contributed by atoms with Crippen molar-refractivity contribution in [2.75, 3.05) is 13.1 Å². The van der Waals surface area contributed by atoms with Crippen LogP contribution < -0.4 is 10.1 Å². The molecule has 1 aliphatic rings. The molecule has 0 saturated carbocycles. The third-order valence-corrected chi connectivity index (χ3v) is 3.29. The number of nitrogens with one attached hydrogen (secondary N) is 1. The summed E-state index contributed by atoms with van der Waals surface area (Å²) in [5.41, 5.74) is 2.14. The zero-order valence-corrected chi connectivity index (χ0v) is 10.0. The second-order valence-electron chi connectivity index (χ2n) is 4.57. The molecule has 4 heteroatoms. The van der Waals surface area contributed by atoms with Crippen LogP contribution in [0.3, 0.4) is 0 Å². The molecule has 0 unspecified atom stereocenters. The van der Waals surface area contributed by atoms with Gasteiger partial charge in [0.05, 0.1) is 17.4 Å². The number of aryl methyl sites for hydroxylation is 1. The minimum absolute atomic E-state index is 0.345. The van der Waals surface area contributed by atoms with Gasteiger partial charge in [0.1, 0.15) is 11.9 Å². The molecule has 1 saturated heterocycles. The standard InChI is InChI=1S/C13H17N3O/c1-16-9-15-12-8-11(2-3-13(12)16)17-10-4-6-14-7-5-10/h2-3,8-10,14H,4-7H2,1H3. The molecule has 4 nitrogen and oxygen atoms in total. The Morgan fingerprint density at radius 1 is 1.35 bits per heavy atom. The molecular weight excluding hydrogens is 214 g/mol. The molecule has 3 rings (SSSR count). The zero-order valence-electron chi connectivity index (χ0n) is 10.0. The first-order valence-electron chi connectivity index (χ1n) is 6.11. The summed E-state index contributed by atoms with van der Waals surface area (Å²) in [6.07, 6.45) is 4.34. The summed E-state index contributed by atoms with van der Waals surface area (Å²) in [6.45, 7) is 2.10. The van der Waals surface area contributed by atoms with Gasteiger partial charge in [-0.1, -0.05) is 0 Å². The van der Waals surface area contributed by atoms with E-state index in [1.165, 1.54) is 0 Å². The monoisotopic (exact) mass is 231 g/mol. The molecule has 17 heavy (non-hydrogen) atoms. The van der Waals surface area contributed by atoms with Crippen molar-refractivity contribution in [3.63, 3.8) is 0 Å². The summed E-state index contributed by atoms with van der Waals surface area (Å²) in [4.78, 5) is 4.34. The lowest BCUT2D eigenvalue weighted by atomic mass is 10.1. The molecule has 90 valence electrons. The molecule has 0 amide bonds. The number of hydrogen-bond acceptors (Lipinski definition) is 3. The molecule has 0 spiro atoms. The number of ether oxygens (including phenoxy) is 1. The molecule has 0 bridgehead atoms. The van der Waals surface area contributed by atoms with Crippen LogP contribution in [0.15, 0.2) is 24.5 Å². The highest BCUT2D eigenvalue weighted by Gasteiger charge is 2.14. The number of fused-ring (bicyclic) bond motifs is 1. The van der Waals surface area contributed by atoms with Gasteiger partial charge in [-0.2, -0.15) is 0 Å². The van der Waals surface area contributed by atoms with E-state index in [1.807, 2.05) is 30.1 Å². The van der Waals surface area contributed by atoms with Gasteiger partial charge in [-0.25, -0.2) is 4.98 Å². The summed E-state index contributed by atoms with van der Waals surface area (Å²) in [6, 6.07) is 6.13. The van der Waals surface area contributed by atoms with E-state index in [0.717, 1.165) is 42.7 Å². The Hall–Kier alpha value is -1.55. The number of nitrogens with zero attached hydrogens (tertiary/aromatic N) is 2. The van der Waals surface area contributed by atoms with Crippen LogP contribution in [0.2, 0.25) is 0 Å². The van der Waals surface area contributed by atoms with Crippen molar-refractivity contribution in [2.24, 2.45) is 7.05 Å². The molecule has 1 fully saturated rings. The summed E-state index contributed by atoms with van der Waals surface area (Å²) >= 11 is 0. The summed E-state index contributed by atoms with van der Waals surface area (Å²) in [7, 11) is 2.00. The third-order valence-electron chi connectivity index (χ3n) is 3.29. The van der Waals surface area contributed by atoms with Gasteiger partial charge in [-0.15, -0.1) is 0 Å². The van der Waals surface area contributed by atoms with Gasteiger partial charge in [0, 0.05) is 13.1 Å². The minimum Gasteiger partial charge on any atom is -0.490 e. The number of benzene rings is 1. The molecule has 0 atom stereocenters. The van der Waals surface area contributed by atoms with Crippen LogP contribution in [0.5, 0.6) is 5.75 Å². The summed E-state index contributed by atoms with van der Waals surface area (Å²) in [5, 5.41) is 3.34. The predicted octanol–water partition coefficient (Wildman–Crippen LogP) is 1.70. The first-order chi connectivity index (χ1) is 8.33. The van der Waals surface area contributed by atoms with Crippen molar-refractivity contribution in [1.29, 1.82) is 0 Å². The number of hydrogen-bond donors (Lipinski definition) is 1. The van der Waals surface area contributed by atoms with Gasteiger partial charge in [0.15, 0.2) is 0 Å². The first kappa shape index (κ1) is 10.6. The Labute approximate surface area is 101 Å². The van der Waals surface area contributed by atoms with Crippen molar-refractivity contribution >= 4 is 11.0 Å². The highest BCUT2D eigenvalue weighted by molar-refractivity contribution is 5.76.